The van der Waals surface area contributed by atoms with Gasteiger partial charge in [0.25, 0.3) is 0 Å². The first-order chi connectivity index (χ1) is 9.39. The second-order valence-electron chi connectivity index (χ2n) is 6.91. The van der Waals surface area contributed by atoms with Crippen LogP contribution in [0.1, 0.15) is 51.7 Å². The zero-order valence-corrected chi connectivity index (χ0v) is 14.0. The van der Waals surface area contributed by atoms with E-state index in [4.69, 9.17) is 0 Å². The Morgan fingerprint density at radius 3 is 2.35 bits per heavy atom. The van der Waals surface area contributed by atoms with Gasteiger partial charge in [0.05, 0.1) is 16.9 Å². The van der Waals surface area contributed by atoms with Crippen LogP contribution in [0.25, 0.3) is 0 Å². The number of fused-ring (bicyclic) bond motifs is 1. The Bertz CT molecular complexity index is 473. The Balaban J connectivity index is 2.40. The largest absolute Gasteiger partial charge is 0.381 e. The van der Waals surface area contributed by atoms with Crippen LogP contribution in [0.4, 0.5) is 11.4 Å². The van der Waals surface area contributed by atoms with Crippen LogP contribution in [0, 0.1) is 19.8 Å². The summed E-state index contributed by atoms with van der Waals surface area (Å²) < 4.78 is 0. The van der Waals surface area contributed by atoms with Gasteiger partial charge in [0.1, 0.15) is 0 Å². The van der Waals surface area contributed by atoms with Crippen LogP contribution in [-0.4, -0.2) is 18.6 Å². The van der Waals surface area contributed by atoms with Crippen molar-refractivity contribution in [3.63, 3.8) is 0 Å². The molecule has 1 aliphatic rings. The zero-order valence-electron chi connectivity index (χ0n) is 14.0. The summed E-state index contributed by atoms with van der Waals surface area (Å²) in [6.07, 6.45) is 2.52. The maximum atomic E-state index is 3.62. The lowest BCUT2D eigenvalue weighted by molar-refractivity contribution is 0.401. The fourth-order valence-corrected chi connectivity index (χ4v) is 3.05. The van der Waals surface area contributed by atoms with Gasteiger partial charge in [0.2, 0.25) is 0 Å². The third-order valence-corrected chi connectivity index (χ3v) is 4.94. The smallest absolute Gasteiger partial charge is 0.0610 e. The summed E-state index contributed by atoms with van der Waals surface area (Å²) in [6.45, 7) is 15.9. The van der Waals surface area contributed by atoms with Gasteiger partial charge in [0, 0.05) is 13.1 Å². The average Bonchev–Trinajstić information content (AvgIpc) is 2.40. The van der Waals surface area contributed by atoms with E-state index < -0.39 is 0 Å². The van der Waals surface area contributed by atoms with Crippen molar-refractivity contribution in [2.24, 2.45) is 5.92 Å². The van der Waals surface area contributed by atoms with Crippen molar-refractivity contribution < 1.29 is 0 Å². The summed E-state index contributed by atoms with van der Waals surface area (Å²) in [7, 11) is 0. The van der Waals surface area contributed by atoms with Crippen LogP contribution >= 0.6 is 0 Å². The number of nitrogens with one attached hydrogen (secondary N) is 1. The molecule has 2 rings (SSSR count). The summed E-state index contributed by atoms with van der Waals surface area (Å²) in [5.41, 5.74) is 5.63. The van der Waals surface area contributed by atoms with E-state index in [1.54, 1.807) is 0 Å². The minimum absolute atomic E-state index is 0.178. The summed E-state index contributed by atoms with van der Waals surface area (Å²) in [5, 5.41) is 3.62. The molecular formula is C18H30N2. The molecule has 2 heteroatoms. The summed E-state index contributed by atoms with van der Waals surface area (Å²) in [5.74, 6) is 0.779. The molecular weight excluding hydrogens is 244 g/mol. The summed E-state index contributed by atoms with van der Waals surface area (Å²) in [4.78, 5) is 2.63. The van der Waals surface area contributed by atoms with Crippen molar-refractivity contribution in [2.45, 2.75) is 59.9 Å². The van der Waals surface area contributed by atoms with Crippen molar-refractivity contribution in [3.05, 3.63) is 23.3 Å². The van der Waals surface area contributed by atoms with Gasteiger partial charge < -0.3 is 10.2 Å². The molecule has 2 nitrogen and oxygen atoms in total. The highest BCUT2D eigenvalue weighted by Gasteiger charge is 2.33. The van der Waals surface area contributed by atoms with E-state index in [1.165, 1.54) is 35.3 Å². The lowest BCUT2D eigenvalue weighted by Gasteiger charge is -2.47. The average molecular weight is 274 g/mol. The molecule has 0 bridgehead atoms. The number of rotatable bonds is 4. The molecule has 112 valence electrons. The number of anilines is 2. The third kappa shape index (κ3) is 2.79. The molecule has 0 saturated carbocycles. The van der Waals surface area contributed by atoms with Gasteiger partial charge in [-0.05, 0) is 56.9 Å². The maximum absolute atomic E-state index is 3.62. The molecule has 1 aromatic rings. The van der Waals surface area contributed by atoms with Gasteiger partial charge in [-0.1, -0.05) is 26.7 Å². The number of aryl methyl sites for hydroxylation is 2. The van der Waals surface area contributed by atoms with E-state index in [0.29, 0.717) is 0 Å². The molecule has 1 N–H and O–H groups in total. The minimum atomic E-state index is 0.178. The number of hydrogen-bond acceptors (Lipinski definition) is 2. The van der Waals surface area contributed by atoms with E-state index >= 15 is 0 Å². The molecule has 1 aromatic carbocycles. The molecule has 0 amide bonds. The topological polar surface area (TPSA) is 15.3 Å². The van der Waals surface area contributed by atoms with Crippen LogP contribution in [0.5, 0.6) is 0 Å². The van der Waals surface area contributed by atoms with Gasteiger partial charge >= 0.3 is 0 Å². The second kappa shape index (κ2) is 5.67. The summed E-state index contributed by atoms with van der Waals surface area (Å²) in [6, 6.07) is 4.67. The molecule has 0 radical (unpaired) electrons. The lowest BCUT2D eigenvalue weighted by atomic mass is 9.92. The molecule has 0 spiro atoms. The Morgan fingerprint density at radius 2 is 1.75 bits per heavy atom. The van der Waals surface area contributed by atoms with Gasteiger partial charge in [-0.25, -0.2) is 0 Å². The Hall–Kier alpha value is -1.18. The Kier molecular flexibility index (Phi) is 4.31. The van der Waals surface area contributed by atoms with E-state index in [9.17, 15) is 0 Å². The predicted molar refractivity (Wildman–Crippen MR) is 89.9 cm³/mol. The normalized spacial score (nSPS) is 17.1. The highest BCUT2D eigenvalue weighted by molar-refractivity contribution is 5.75. The molecule has 0 aromatic heterocycles. The Labute approximate surface area is 124 Å². The molecule has 0 unspecified atom stereocenters. The number of nitrogens with zero attached hydrogens (tertiary/aromatic N) is 1. The van der Waals surface area contributed by atoms with Crippen molar-refractivity contribution in [2.75, 3.05) is 23.3 Å². The molecule has 1 aliphatic heterocycles. The van der Waals surface area contributed by atoms with E-state index in [1.807, 2.05) is 0 Å². The first kappa shape index (κ1) is 15.2. The fourth-order valence-electron chi connectivity index (χ4n) is 3.05. The minimum Gasteiger partial charge on any atom is -0.381 e. The SMILES string of the molecule is CCC(CC)CN1c2cc(C)c(C)cc2NCC1(C)C. The van der Waals surface area contributed by atoms with Crippen LogP contribution in [-0.2, 0) is 0 Å². The summed E-state index contributed by atoms with van der Waals surface area (Å²) >= 11 is 0. The van der Waals surface area contributed by atoms with Gasteiger partial charge in [0.15, 0.2) is 0 Å². The van der Waals surface area contributed by atoms with E-state index in [2.05, 4.69) is 63.9 Å². The van der Waals surface area contributed by atoms with Crippen LogP contribution in [0.2, 0.25) is 0 Å². The van der Waals surface area contributed by atoms with Gasteiger partial charge in [-0.15, -0.1) is 0 Å². The van der Waals surface area contributed by atoms with Gasteiger partial charge in [-0.3, -0.25) is 0 Å². The van der Waals surface area contributed by atoms with Crippen LogP contribution < -0.4 is 10.2 Å². The lowest BCUT2D eigenvalue weighted by Crippen LogP contribution is -2.53. The first-order valence-corrected chi connectivity index (χ1v) is 8.01. The van der Waals surface area contributed by atoms with Crippen LogP contribution in [0.3, 0.4) is 0 Å². The monoisotopic (exact) mass is 274 g/mol. The standard InChI is InChI=1S/C18H30N2/c1-7-15(8-2)11-20-17-10-14(4)13(3)9-16(17)19-12-18(20,5)6/h9-10,15,19H,7-8,11-12H2,1-6H3. The van der Waals surface area contributed by atoms with Crippen molar-refractivity contribution in [1.82, 2.24) is 0 Å². The molecule has 0 saturated heterocycles. The highest BCUT2D eigenvalue weighted by atomic mass is 15.3. The Morgan fingerprint density at radius 1 is 1.15 bits per heavy atom. The molecule has 0 fully saturated rings. The highest BCUT2D eigenvalue weighted by Crippen LogP contribution is 2.38. The molecule has 0 aliphatic carbocycles. The predicted octanol–water partition coefficient (Wildman–Crippen LogP) is 4.75. The van der Waals surface area contributed by atoms with Gasteiger partial charge in [-0.2, -0.15) is 0 Å². The zero-order chi connectivity index (χ0) is 14.9. The van der Waals surface area contributed by atoms with Crippen molar-refractivity contribution >= 4 is 11.4 Å². The second-order valence-corrected chi connectivity index (χ2v) is 6.91. The number of benzene rings is 1. The van der Waals surface area contributed by atoms with E-state index in [0.717, 1.165) is 19.0 Å². The molecule has 0 atom stereocenters. The number of hydrogen-bond donors (Lipinski definition) is 1. The third-order valence-electron chi connectivity index (χ3n) is 4.94. The fraction of sp³-hybridized carbons (Fsp3) is 0.667. The van der Waals surface area contributed by atoms with E-state index in [-0.39, 0.29) is 5.54 Å². The van der Waals surface area contributed by atoms with Crippen molar-refractivity contribution in [1.29, 1.82) is 0 Å². The molecule has 20 heavy (non-hydrogen) atoms. The maximum Gasteiger partial charge on any atom is 0.0610 e. The first-order valence-electron chi connectivity index (χ1n) is 8.01. The van der Waals surface area contributed by atoms with Crippen LogP contribution in [0.15, 0.2) is 12.1 Å². The van der Waals surface area contributed by atoms with Crippen molar-refractivity contribution in [3.8, 4) is 0 Å². The quantitative estimate of drug-likeness (QED) is 0.852. The molecule has 1 heterocycles.